The molecule has 0 saturated carbocycles. The molecular weight excluding hydrogens is 256 g/mol. The molecule has 120 valence electrons. The summed E-state index contributed by atoms with van der Waals surface area (Å²) >= 11 is 0. The largest absolute Gasteiger partial charge is 0.310 e. The minimum atomic E-state index is 0.502. The maximum Gasteiger partial charge on any atom is 0.0375 e. The van der Waals surface area contributed by atoms with Gasteiger partial charge in [0.25, 0.3) is 0 Å². The first-order chi connectivity index (χ1) is 10.3. The lowest BCUT2D eigenvalue weighted by atomic mass is 9.99. The smallest absolute Gasteiger partial charge is 0.0375 e. The molecule has 21 heavy (non-hydrogen) atoms. The van der Waals surface area contributed by atoms with Crippen molar-refractivity contribution in [3.05, 3.63) is 29.6 Å². The fourth-order valence-corrected chi connectivity index (χ4v) is 2.79. The second-order valence-corrected chi connectivity index (χ2v) is 6.15. The Morgan fingerprint density at radius 2 is 1.71 bits per heavy atom. The van der Waals surface area contributed by atoms with Crippen LogP contribution in [0, 0.1) is 6.92 Å². The molecule has 1 unspecified atom stereocenters. The van der Waals surface area contributed by atoms with Gasteiger partial charge >= 0.3 is 0 Å². The van der Waals surface area contributed by atoms with Gasteiger partial charge in [-0.05, 0) is 44.0 Å². The van der Waals surface area contributed by atoms with Crippen LogP contribution in [0.1, 0.15) is 88.9 Å². The van der Waals surface area contributed by atoms with E-state index in [1.807, 2.05) is 6.20 Å². The average Bonchev–Trinajstić information content (AvgIpc) is 2.49. The summed E-state index contributed by atoms with van der Waals surface area (Å²) in [4.78, 5) is 4.31. The van der Waals surface area contributed by atoms with E-state index in [4.69, 9.17) is 0 Å². The standard InChI is InChI=1S/C19H34N2/c1-4-6-7-8-9-10-11-12-19(21-14-5-2)18-13-15-20-17(3)16-18/h13,15-16,19,21H,4-12,14H2,1-3H3. The number of aryl methyl sites for hydroxylation is 1. The Labute approximate surface area is 131 Å². The molecule has 0 radical (unpaired) electrons. The van der Waals surface area contributed by atoms with Crippen LogP contribution in [0.3, 0.4) is 0 Å². The fraction of sp³-hybridized carbons (Fsp3) is 0.737. The highest BCUT2D eigenvalue weighted by atomic mass is 14.9. The third-order valence-corrected chi connectivity index (χ3v) is 4.06. The van der Waals surface area contributed by atoms with Crippen LogP contribution >= 0.6 is 0 Å². The highest BCUT2D eigenvalue weighted by Gasteiger charge is 2.10. The quantitative estimate of drug-likeness (QED) is 0.509. The molecule has 0 spiro atoms. The van der Waals surface area contributed by atoms with Crippen molar-refractivity contribution in [2.75, 3.05) is 6.54 Å². The number of nitrogens with one attached hydrogen (secondary N) is 1. The van der Waals surface area contributed by atoms with Crippen LogP contribution < -0.4 is 5.32 Å². The molecule has 0 saturated heterocycles. The van der Waals surface area contributed by atoms with Gasteiger partial charge in [0.15, 0.2) is 0 Å². The minimum absolute atomic E-state index is 0.502. The first-order valence-electron chi connectivity index (χ1n) is 8.93. The van der Waals surface area contributed by atoms with Gasteiger partial charge in [-0.15, -0.1) is 0 Å². The molecule has 1 rings (SSSR count). The zero-order chi connectivity index (χ0) is 15.3. The summed E-state index contributed by atoms with van der Waals surface area (Å²) in [6.07, 6.45) is 14.0. The number of hydrogen-bond acceptors (Lipinski definition) is 2. The molecule has 1 aromatic rings. The van der Waals surface area contributed by atoms with Crippen LogP contribution in [0.15, 0.2) is 18.3 Å². The van der Waals surface area contributed by atoms with Crippen molar-refractivity contribution in [2.45, 2.75) is 84.6 Å². The first kappa shape index (κ1) is 18.2. The lowest BCUT2D eigenvalue weighted by Gasteiger charge is -2.19. The van der Waals surface area contributed by atoms with Crippen LogP contribution in [0.5, 0.6) is 0 Å². The lowest BCUT2D eigenvalue weighted by molar-refractivity contribution is 0.465. The molecule has 0 aliphatic rings. The topological polar surface area (TPSA) is 24.9 Å². The Kier molecular flexibility index (Phi) is 10.1. The molecular formula is C19H34N2. The second-order valence-electron chi connectivity index (χ2n) is 6.15. The monoisotopic (exact) mass is 290 g/mol. The van der Waals surface area contributed by atoms with Crippen LogP contribution in [0.25, 0.3) is 0 Å². The fourth-order valence-electron chi connectivity index (χ4n) is 2.79. The molecule has 2 nitrogen and oxygen atoms in total. The van der Waals surface area contributed by atoms with Crippen molar-refractivity contribution in [1.29, 1.82) is 0 Å². The minimum Gasteiger partial charge on any atom is -0.310 e. The SMILES string of the molecule is CCCCCCCCCC(NCCC)c1ccnc(C)c1. The maximum absolute atomic E-state index is 4.31. The zero-order valence-corrected chi connectivity index (χ0v) is 14.3. The molecule has 0 aromatic carbocycles. The van der Waals surface area contributed by atoms with E-state index in [1.165, 1.54) is 63.4 Å². The number of hydrogen-bond donors (Lipinski definition) is 1. The summed E-state index contributed by atoms with van der Waals surface area (Å²) in [5, 5.41) is 3.70. The third-order valence-electron chi connectivity index (χ3n) is 4.06. The number of aromatic nitrogens is 1. The molecule has 0 fully saturated rings. The summed E-state index contributed by atoms with van der Waals surface area (Å²) in [6, 6.07) is 4.90. The third kappa shape index (κ3) is 8.21. The van der Waals surface area contributed by atoms with Gasteiger partial charge in [0.1, 0.15) is 0 Å². The van der Waals surface area contributed by atoms with E-state index in [0.717, 1.165) is 12.2 Å². The number of pyridine rings is 1. The van der Waals surface area contributed by atoms with E-state index in [1.54, 1.807) is 0 Å². The van der Waals surface area contributed by atoms with E-state index in [9.17, 15) is 0 Å². The molecule has 0 aliphatic heterocycles. The van der Waals surface area contributed by atoms with E-state index >= 15 is 0 Å². The molecule has 2 heteroatoms. The molecule has 1 atom stereocenters. The molecule has 0 amide bonds. The van der Waals surface area contributed by atoms with Gasteiger partial charge in [0, 0.05) is 17.9 Å². The van der Waals surface area contributed by atoms with Crippen LogP contribution in [-0.2, 0) is 0 Å². The van der Waals surface area contributed by atoms with Crippen molar-refractivity contribution in [3.8, 4) is 0 Å². The Hall–Kier alpha value is -0.890. The Balaban J connectivity index is 2.33. The van der Waals surface area contributed by atoms with E-state index in [0.29, 0.717) is 6.04 Å². The predicted octanol–water partition coefficient (Wildman–Crippen LogP) is 5.57. The summed E-state index contributed by atoms with van der Waals surface area (Å²) in [6.45, 7) is 7.69. The molecule has 0 aliphatic carbocycles. The summed E-state index contributed by atoms with van der Waals surface area (Å²) in [5.41, 5.74) is 2.53. The number of nitrogens with zero attached hydrogens (tertiary/aromatic N) is 1. The highest BCUT2D eigenvalue weighted by Crippen LogP contribution is 2.21. The average molecular weight is 290 g/mol. The van der Waals surface area contributed by atoms with E-state index < -0.39 is 0 Å². The number of rotatable bonds is 12. The van der Waals surface area contributed by atoms with Crippen molar-refractivity contribution in [2.24, 2.45) is 0 Å². The van der Waals surface area contributed by atoms with Gasteiger partial charge < -0.3 is 5.32 Å². The van der Waals surface area contributed by atoms with Gasteiger partial charge in [-0.3, -0.25) is 4.98 Å². The number of unbranched alkanes of at least 4 members (excludes halogenated alkanes) is 6. The van der Waals surface area contributed by atoms with Crippen LogP contribution in [-0.4, -0.2) is 11.5 Å². The van der Waals surface area contributed by atoms with E-state index in [-0.39, 0.29) is 0 Å². The highest BCUT2D eigenvalue weighted by molar-refractivity contribution is 5.19. The summed E-state index contributed by atoms with van der Waals surface area (Å²) < 4.78 is 0. The Morgan fingerprint density at radius 1 is 1.00 bits per heavy atom. The van der Waals surface area contributed by atoms with Gasteiger partial charge in [-0.2, -0.15) is 0 Å². The van der Waals surface area contributed by atoms with E-state index in [2.05, 4.69) is 43.2 Å². The van der Waals surface area contributed by atoms with Gasteiger partial charge in [0.2, 0.25) is 0 Å². The summed E-state index contributed by atoms with van der Waals surface area (Å²) in [5.74, 6) is 0. The van der Waals surface area contributed by atoms with Crippen molar-refractivity contribution < 1.29 is 0 Å². The Bertz CT molecular complexity index is 362. The molecule has 1 N–H and O–H groups in total. The maximum atomic E-state index is 4.31. The molecule has 0 bridgehead atoms. The second kappa shape index (κ2) is 11.7. The molecule has 1 heterocycles. The van der Waals surface area contributed by atoms with Gasteiger partial charge in [0.05, 0.1) is 0 Å². The molecule has 1 aromatic heterocycles. The predicted molar refractivity (Wildman–Crippen MR) is 92.6 cm³/mol. The van der Waals surface area contributed by atoms with Crippen molar-refractivity contribution in [1.82, 2.24) is 10.3 Å². The van der Waals surface area contributed by atoms with Gasteiger partial charge in [-0.1, -0.05) is 58.8 Å². The normalized spacial score (nSPS) is 12.5. The van der Waals surface area contributed by atoms with Gasteiger partial charge in [-0.25, -0.2) is 0 Å². The van der Waals surface area contributed by atoms with Crippen LogP contribution in [0.2, 0.25) is 0 Å². The summed E-state index contributed by atoms with van der Waals surface area (Å²) in [7, 11) is 0. The van der Waals surface area contributed by atoms with Crippen molar-refractivity contribution in [3.63, 3.8) is 0 Å². The lowest BCUT2D eigenvalue weighted by Crippen LogP contribution is -2.22. The van der Waals surface area contributed by atoms with Crippen LogP contribution in [0.4, 0.5) is 0 Å². The van der Waals surface area contributed by atoms with Crippen molar-refractivity contribution >= 4 is 0 Å². The Morgan fingerprint density at radius 3 is 2.38 bits per heavy atom. The zero-order valence-electron chi connectivity index (χ0n) is 14.3. The first-order valence-corrected chi connectivity index (χ1v) is 8.93.